The van der Waals surface area contributed by atoms with Gasteiger partial charge in [-0.1, -0.05) is 12.1 Å². The van der Waals surface area contributed by atoms with Gasteiger partial charge >= 0.3 is 15.2 Å². The van der Waals surface area contributed by atoms with Crippen LogP contribution in [0.2, 0.25) is 0 Å². The monoisotopic (exact) mass is 371 g/mol. The minimum atomic E-state index is -4.44. The molecule has 11 nitrogen and oxygen atoms in total. The molecule has 0 aliphatic carbocycles. The molecule has 0 amide bonds. The molecule has 0 unspecified atom stereocenters. The van der Waals surface area contributed by atoms with E-state index in [0.717, 1.165) is 10.4 Å². The smallest absolute Gasteiger partial charge is 0.339 e. The quantitative estimate of drug-likeness (QED) is 0.396. The van der Waals surface area contributed by atoms with Crippen molar-refractivity contribution in [3.8, 4) is 0 Å². The van der Waals surface area contributed by atoms with Crippen LogP contribution in [0.3, 0.4) is 0 Å². The van der Waals surface area contributed by atoms with E-state index in [9.17, 15) is 9.13 Å². The number of aromatic amines is 1. The lowest BCUT2D eigenvalue weighted by Gasteiger charge is -2.21. The summed E-state index contributed by atoms with van der Waals surface area (Å²) < 4.78 is 22.1. The zero-order chi connectivity index (χ0) is 15.7. The van der Waals surface area contributed by atoms with Crippen molar-refractivity contribution in [3.63, 3.8) is 0 Å². The second-order valence-electron chi connectivity index (χ2n) is 4.64. The molecule has 1 heterocycles. The van der Waals surface area contributed by atoms with Crippen LogP contribution in [0.1, 0.15) is 5.82 Å². The summed E-state index contributed by atoms with van der Waals surface area (Å²) in [5.74, 6) is 0.373. The predicted molar refractivity (Wildman–Crippen MR) is 82.7 cm³/mol. The molecule has 132 valence electrons. The van der Waals surface area contributed by atoms with Crippen molar-refractivity contribution >= 4 is 26.2 Å². The molecule has 2 rings (SSSR count). The molecule has 0 aliphatic rings. The molecule has 0 fully saturated rings. The fourth-order valence-corrected chi connectivity index (χ4v) is 3.56. The first-order chi connectivity index (χ1) is 9.62. The van der Waals surface area contributed by atoms with Gasteiger partial charge < -0.3 is 35.5 Å². The highest BCUT2D eigenvalue weighted by molar-refractivity contribution is 7.52. The Kier molecular flexibility index (Phi) is 7.71. The average Bonchev–Trinajstić information content (AvgIpc) is 2.65. The van der Waals surface area contributed by atoms with Gasteiger partial charge in [0.05, 0.1) is 17.6 Å². The van der Waals surface area contributed by atoms with Crippen LogP contribution in [-0.2, 0) is 15.7 Å². The molecule has 2 aromatic rings. The number of benzene rings is 1. The molecular weight excluding hydrogens is 352 g/mol. The number of H-pyrrole nitrogens is 1. The molecule has 0 aliphatic heterocycles. The second-order valence-corrected chi connectivity index (χ2v) is 7.87. The van der Waals surface area contributed by atoms with E-state index < -0.39 is 27.8 Å². The number of hydrogen-bond donors (Lipinski definition) is 5. The summed E-state index contributed by atoms with van der Waals surface area (Å²) >= 11 is 0. The Morgan fingerprint density at radius 3 is 2.00 bits per heavy atom. The van der Waals surface area contributed by atoms with Gasteiger partial charge in [-0.3, -0.25) is 14.0 Å². The first-order valence-electron chi connectivity index (χ1n) is 5.87. The fourth-order valence-electron chi connectivity index (χ4n) is 1.96. The maximum atomic E-state index is 11.1. The van der Waals surface area contributed by atoms with Gasteiger partial charge in [0.25, 0.3) is 0 Å². The van der Waals surface area contributed by atoms with E-state index in [1.54, 1.807) is 24.3 Å². The molecule has 0 bridgehead atoms. The van der Waals surface area contributed by atoms with Crippen LogP contribution < -0.4 is 0 Å². The van der Waals surface area contributed by atoms with Crippen LogP contribution in [0.15, 0.2) is 24.3 Å². The highest BCUT2D eigenvalue weighted by Gasteiger charge is 2.26. The highest BCUT2D eigenvalue weighted by atomic mass is 31.2. The Morgan fingerprint density at radius 1 is 1.00 bits per heavy atom. The minimum Gasteiger partial charge on any atom is -0.412 e. The molecule has 0 saturated carbocycles. The molecule has 0 radical (unpaired) electrons. The summed E-state index contributed by atoms with van der Waals surface area (Å²) in [4.78, 5) is 44.1. The number of nitrogens with zero attached hydrogens (tertiary/aromatic N) is 2. The molecular formula is C10H19N3O8P2. The van der Waals surface area contributed by atoms with Crippen LogP contribution in [0.4, 0.5) is 0 Å². The van der Waals surface area contributed by atoms with Gasteiger partial charge in [0.2, 0.25) is 0 Å². The Balaban J connectivity index is 0.00000242. The van der Waals surface area contributed by atoms with E-state index in [4.69, 9.17) is 19.6 Å². The Labute approximate surface area is 130 Å². The van der Waals surface area contributed by atoms with Gasteiger partial charge in [0, 0.05) is 0 Å². The third-order valence-electron chi connectivity index (χ3n) is 2.58. The van der Waals surface area contributed by atoms with E-state index in [2.05, 4.69) is 9.97 Å². The maximum Gasteiger partial charge on any atom is 0.339 e. The van der Waals surface area contributed by atoms with Crippen molar-refractivity contribution in [2.24, 2.45) is 0 Å². The normalized spacial score (nSPS) is 12.0. The van der Waals surface area contributed by atoms with Gasteiger partial charge in [-0.15, -0.1) is 0 Å². The minimum absolute atomic E-state index is 0. The Bertz CT molecular complexity index is 667. The standard InChI is InChI=1S/C10H15N3O6P2.2H2O/c14-20(15,16)6-13(7-21(17,18)19)5-10-11-8-3-1-2-4-9(8)12-10;;/h1-4H,5-7H2,(H,11,12)(H2,14,15,16)(H2,17,18,19);2*1H2. The summed E-state index contributed by atoms with van der Waals surface area (Å²) in [6, 6.07) is 7.12. The molecule has 0 spiro atoms. The van der Waals surface area contributed by atoms with Crippen LogP contribution in [-0.4, -0.2) is 58.0 Å². The average molecular weight is 371 g/mol. The number of imidazole rings is 1. The number of para-hydroxylation sites is 2. The van der Waals surface area contributed by atoms with Crippen molar-refractivity contribution in [1.29, 1.82) is 0 Å². The van der Waals surface area contributed by atoms with Crippen LogP contribution in [0.5, 0.6) is 0 Å². The lowest BCUT2D eigenvalue weighted by molar-refractivity contribution is 0.269. The zero-order valence-electron chi connectivity index (χ0n) is 11.8. The summed E-state index contributed by atoms with van der Waals surface area (Å²) in [5.41, 5.74) is 1.40. The topological polar surface area (TPSA) is 210 Å². The third kappa shape index (κ3) is 7.32. The van der Waals surface area contributed by atoms with Crippen LogP contribution in [0.25, 0.3) is 11.0 Å². The second kappa shape index (κ2) is 8.11. The van der Waals surface area contributed by atoms with E-state index in [-0.39, 0.29) is 17.5 Å². The van der Waals surface area contributed by atoms with Crippen molar-refractivity contribution in [2.45, 2.75) is 6.54 Å². The number of rotatable bonds is 6. The number of fused-ring (bicyclic) bond motifs is 1. The van der Waals surface area contributed by atoms with E-state index >= 15 is 0 Å². The molecule has 0 atom stereocenters. The number of aromatic nitrogens is 2. The van der Waals surface area contributed by atoms with Gasteiger partial charge in [0.1, 0.15) is 18.4 Å². The lowest BCUT2D eigenvalue weighted by atomic mass is 10.3. The summed E-state index contributed by atoms with van der Waals surface area (Å²) in [6.07, 6.45) is -1.51. The highest BCUT2D eigenvalue weighted by Crippen LogP contribution is 2.41. The number of hydrogen-bond acceptors (Lipinski definition) is 4. The van der Waals surface area contributed by atoms with E-state index in [1.807, 2.05) is 0 Å². The van der Waals surface area contributed by atoms with Gasteiger partial charge in [-0.05, 0) is 12.1 Å². The molecule has 23 heavy (non-hydrogen) atoms. The van der Waals surface area contributed by atoms with E-state index in [1.165, 1.54) is 0 Å². The largest absolute Gasteiger partial charge is 0.412 e. The first-order valence-corrected chi connectivity index (χ1v) is 9.47. The van der Waals surface area contributed by atoms with E-state index in [0.29, 0.717) is 11.3 Å². The summed E-state index contributed by atoms with van der Waals surface area (Å²) in [7, 11) is -8.88. The zero-order valence-corrected chi connectivity index (χ0v) is 13.6. The SMILES string of the molecule is O.O.O=P(O)(O)CN(Cc1nc2ccccc2[nH]1)CP(=O)(O)O. The van der Waals surface area contributed by atoms with Gasteiger partial charge in [-0.2, -0.15) is 0 Å². The molecule has 13 heteroatoms. The Morgan fingerprint density at radius 2 is 1.52 bits per heavy atom. The van der Waals surface area contributed by atoms with Crippen LogP contribution in [0, 0.1) is 0 Å². The van der Waals surface area contributed by atoms with Crippen LogP contribution >= 0.6 is 15.2 Å². The number of nitrogens with one attached hydrogen (secondary N) is 1. The summed E-state index contributed by atoms with van der Waals surface area (Å²) in [6.45, 7) is -0.106. The van der Waals surface area contributed by atoms with Crippen molar-refractivity contribution in [2.75, 3.05) is 12.6 Å². The van der Waals surface area contributed by atoms with Crippen molar-refractivity contribution in [1.82, 2.24) is 14.9 Å². The molecule has 0 saturated heterocycles. The summed E-state index contributed by atoms with van der Waals surface area (Å²) in [5, 5.41) is 0. The Hall–Kier alpha value is -1.13. The predicted octanol–water partition coefficient (Wildman–Crippen LogP) is -1.01. The third-order valence-corrected chi connectivity index (χ3v) is 4.12. The van der Waals surface area contributed by atoms with Crippen molar-refractivity contribution < 1.29 is 39.7 Å². The first kappa shape index (κ1) is 21.9. The molecule has 1 aromatic heterocycles. The fraction of sp³-hybridized carbons (Fsp3) is 0.300. The van der Waals surface area contributed by atoms with Gasteiger partial charge in [-0.25, -0.2) is 4.98 Å². The molecule has 9 N–H and O–H groups in total. The maximum absolute atomic E-state index is 11.1. The lowest BCUT2D eigenvalue weighted by Crippen LogP contribution is -2.26. The van der Waals surface area contributed by atoms with Crippen molar-refractivity contribution in [3.05, 3.63) is 30.1 Å². The van der Waals surface area contributed by atoms with Gasteiger partial charge in [0.15, 0.2) is 0 Å². The molecule has 1 aromatic carbocycles.